The van der Waals surface area contributed by atoms with Crippen LogP contribution in [0.15, 0.2) is 17.7 Å². The molecule has 0 aromatic heterocycles. The molecule has 1 saturated carbocycles. The number of benzene rings is 1. The van der Waals surface area contributed by atoms with E-state index in [-0.39, 0.29) is 5.69 Å². The van der Waals surface area contributed by atoms with Crippen LogP contribution in [-0.2, 0) is 0 Å². The van der Waals surface area contributed by atoms with Crippen LogP contribution in [0.4, 0.5) is 5.69 Å². The second-order valence-electron chi connectivity index (χ2n) is 5.16. The number of rotatable bonds is 2. The van der Waals surface area contributed by atoms with Gasteiger partial charge in [0.05, 0.1) is 4.92 Å². The fourth-order valence-corrected chi connectivity index (χ4v) is 3.23. The van der Waals surface area contributed by atoms with Gasteiger partial charge in [-0.3, -0.25) is 15.4 Å². The summed E-state index contributed by atoms with van der Waals surface area (Å²) in [5.74, 6) is 0.305. The highest BCUT2D eigenvalue weighted by Gasteiger charge is 2.42. The Hall–Kier alpha value is -1.59. The number of ether oxygens (including phenoxy) is 1. The molecule has 106 valence electrons. The highest BCUT2D eigenvalue weighted by molar-refractivity contribution is 6.31. The van der Waals surface area contributed by atoms with Crippen LogP contribution < -0.4 is 10.1 Å². The minimum absolute atomic E-state index is 0.0806. The highest BCUT2D eigenvalue weighted by Crippen LogP contribution is 2.46. The molecule has 1 heterocycles. The van der Waals surface area contributed by atoms with Crippen molar-refractivity contribution in [3.63, 3.8) is 0 Å². The van der Waals surface area contributed by atoms with E-state index in [0.717, 1.165) is 31.3 Å². The standard InChI is InChI=1S/C14H15ClN2O3/c1-16-14-5-3-2-4-10(14)6-9-7-11(15)8-12(17(18)19)13(9)20-14/h6-8,16H,2-5H2,1H3. The van der Waals surface area contributed by atoms with Gasteiger partial charge in [0.25, 0.3) is 0 Å². The molecule has 0 saturated heterocycles. The van der Waals surface area contributed by atoms with Gasteiger partial charge in [-0.1, -0.05) is 11.6 Å². The largest absolute Gasteiger partial charge is 0.461 e. The van der Waals surface area contributed by atoms with E-state index in [4.69, 9.17) is 16.3 Å². The molecule has 5 nitrogen and oxygen atoms in total. The van der Waals surface area contributed by atoms with E-state index in [0.29, 0.717) is 16.3 Å². The van der Waals surface area contributed by atoms with E-state index >= 15 is 0 Å². The summed E-state index contributed by atoms with van der Waals surface area (Å²) in [6.45, 7) is 0. The van der Waals surface area contributed by atoms with Crippen LogP contribution in [0.5, 0.6) is 5.75 Å². The average molecular weight is 295 g/mol. The molecule has 1 aliphatic heterocycles. The number of nitrogens with one attached hydrogen (secondary N) is 1. The van der Waals surface area contributed by atoms with Crippen molar-refractivity contribution in [2.24, 2.45) is 0 Å². The molecule has 1 unspecified atom stereocenters. The minimum Gasteiger partial charge on any atom is -0.461 e. The molecule has 0 bridgehead atoms. The second kappa shape index (κ2) is 4.75. The van der Waals surface area contributed by atoms with Crippen molar-refractivity contribution < 1.29 is 9.66 Å². The average Bonchev–Trinajstić information content (AvgIpc) is 2.44. The fourth-order valence-electron chi connectivity index (χ4n) is 3.01. The summed E-state index contributed by atoms with van der Waals surface area (Å²) in [4.78, 5) is 10.8. The van der Waals surface area contributed by atoms with Crippen molar-refractivity contribution in [2.75, 3.05) is 7.05 Å². The Morgan fingerprint density at radius 2 is 2.25 bits per heavy atom. The van der Waals surface area contributed by atoms with E-state index in [1.807, 2.05) is 13.1 Å². The normalized spacial score (nSPS) is 24.2. The maximum Gasteiger partial charge on any atom is 0.313 e. The van der Waals surface area contributed by atoms with Gasteiger partial charge in [0, 0.05) is 23.1 Å². The lowest BCUT2D eigenvalue weighted by molar-refractivity contribution is -0.386. The molecular weight excluding hydrogens is 280 g/mol. The van der Waals surface area contributed by atoms with Crippen molar-refractivity contribution in [1.82, 2.24) is 5.32 Å². The first kappa shape index (κ1) is 13.4. The highest BCUT2D eigenvalue weighted by atomic mass is 35.5. The van der Waals surface area contributed by atoms with E-state index in [9.17, 15) is 10.1 Å². The Labute approximate surface area is 121 Å². The van der Waals surface area contributed by atoms with Crippen molar-refractivity contribution in [2.45, 2.75) is 31.4 Å². The molecule has 1 atom stereocenters. The predicted octanol–water partition coefficient (Wildman–Crippen LogP) is 3.51. The lowest BCUT2D eigenvalue weighted by Crippen LogP contribution is -2.52. The Balaban J connectivity index is 2.18. The van der Waals surface area contributed by atoms with Gasteiger partial charge in [0.1, 0.15) is 0 Å². The number of fused-ring (bicyclic) bond motifs is 2. The Bertz CT molecular complexity index is 615. The van der Waals surface area contributed by atoms with Gasteiger partial charge >= 0.3 is 5.69 Å². The zero-order valence-corrected chi connectivity index (χ0v) is 11.9. The van der Waals surface area contributed by atoms with Crippen LogP contribution in [0, 0.1) is 10.1 Å². The maximum absolute atomic E-state index is 11.2. The predicted molar refractivity (Wildman–Crippen MR) is 77.0 cm³/mol. The van der Waals surface area contributed by atoms with Crippen molar-refractivity contribution in [3.05, 3.63) is 38.4 Å². The number of hydrogen-bond donors (Lipinski definition) is 1. The zero-order chi connectivity index (χ0) is 14.3. The van der Waals surface area contributed by atoms with Crippen LogP contribution in [0.2, 0.25) is 5.02 Å². The molecule has 1 aromatic rings. The van der Waals surface area contributed by atoms with Crippen LogP contribution in [0.25, 0.3) is 6.08 Å². The first-order valence-electron chi connectivity index (χ1n) is 6.63. The SMILES string of the molecule is CNC12CCCCC1=Cc1cc(Cl)cc([N+](=O)[O-])c1O2. The van der Waals surface area contributed by atoms with Gasteiger partial charge in [0.2, 0.25) is 5.75 Å². The Morgan fingerprint density at radius 1 is 1.45 bits per heavy atom. The third-order valence-electron chi connectivity index (χ3n) is 4.01. The van der Waals surface area contributed by atoms with Gasteiger partial charge < -0.3 is 4.74 Å². The fraction of sp³-hybridized carbons (Fsp3) is 0.429. The van der Waals surface area contributed by atoms with Crippen molar-refractivity contribution >= 4 is 23.4 Å². The van der Waals surface area contributed by atoms with Crippen LogP contribution in [0.1, 0.15) is 31.2 Å². The van der Waals surface area contributed by atoms with Crippen molar-refractivity contribution in [1.29, 1.82) is 0 Å². The first-order chi connectivity index (χ1) is 9.55. The summed E-state index contributed by atoms with van der Waals surface area (Å²) < 4.78 is 6.04. The monoisotopic (exact) mass is 294 g/mol. The minimum atomic E-state index is -0.607. The number of hydrogen-bond acceptors (Lipinski definition) is 4. The number of likely N-dealkylation sites (N-methyl/N-ethyl adjacent to an activating group) is 1. The molecule has 1 N–H and O–H groups in total. The van der Waals surface area contributed by atoms with E-state index in [1.165, 1.54) is 6.07 Å². The van der Waals surface area contributed by atoms with E-state index in [2.05, 4.69) is 5.32 Å². The lowest BCUT2D eigenvalue weighted by atomic mass is 9.83. The van der Waals surface area contributed by atoms with Gasteiger partial charge in [-0.25, -0.2) is 0 Å². The molecule has 1 fully saturated rings. The molecule has 1 aromatic carbocycles. The first-order valence-corrected chi connectivity index (χ1v) is 7.00. The summed E-state index contributed by atoms with van der Waals surface area (Å²) in [6.07, 6.45) is 5.87. The molecule has 0 spiro atoms. The van der Waals surface area contributed by atoms with Gasteiger partial charge in [0.15, 0.2) is 5.72 Å². The number of nitro groups is 1. The molecule has 3 rings (SSSR count). The number of nitro benzene ring substituents is 1. The maximum atomic E-state index is 11.2. The molecular formula is C14H15ClN2O3. The topological polar surface area (TPSA) is 64.4 Å². The van der Waals surface area contributed by atoms with Gasteiger partial charge in [-0.15, -0.1) is 0 Å². The van der Waals surface area contributed by atoms with Crippen LogP contribution in [0.3, 0.4) is 0 Å². The molecule has 2 aliphatic rings. The molecule has 0 radical (unpaired) electrons. The number of halogens is 1. The molecule has 0 amide bonds. The molecule has 1 aliphatic carbocycles. The second-order valence-corrected chi connectivity index (χ2v) is 5.59. The van der Waals surface area contributed by atoms with Gasteiger partial charge in [-0.05, 0) is 44.0 Å². The van der Waals surface area contributed by atoms with Crippen LogP contribution >= 0.6 is 11.6 Å². The van der Waals surface area contributed by atoms with Crippen LogP contribution in [-0.4, -0.2) is 17.7 Å². The summed E-state index contributed by atoms with van der Waals surface area (Å²) >= 11 is 5.96. The van der Waals surface area contributed by atoms with E-state index in [1.54, 1.807) is 6.07 Å². The molecule has 6 heteroatoms. The summed E-state index contributed by atoms with van der Waals surface area (Å²) in [7, 11) is 1.83. The smallest absolute Gasteiger partial charge is 0.313 e. The molecule has 20 heavy (non-hydrogen) atoms. The Kier molecular flexibility index (Phi) is 3.18. The third-order valence-corrected chi connectivity index (χ3v) is 4.23. The van der Waals surface area contributed by atoms with E-state index < -0.39 is 10.6 Å². The van der Waals surface area contributed by atoms with Crippen molar-refractivity contribution in [3.8, 4) is 5.75 Å². The third kappa shape index (κ3) is 1.98. The summed E-state index contributed by atoms with van der Waals surface area (Å²) in [6, 6.07) is 3.05. The zero-order valence-electron chi connectivity index (χ0n) is 11.1. The van der Waals surface area contributed by atoms with Gasteiger partial charge in [-0.2, -0.15) is 0 Å². The summed E-state index contributed by atoms with van der Waals surface area (Å²) in [5, 5.41) is 14.7. The lowest BCUT2D eigenvalue weighted by Gasteiger charge is -2.42. The number of nitrogens with zero attached hydrogens (tertiary/aromatic N) is 1. The Morgan fingerprint density at radius 3 is 2.95 bits per heavy atom. The quantitative estimate of drug-likeness (QED) is 0.669. The summed E-state index contributed by atoms with van der Waals surface area (Å²) in [5.41, 5.74) is 1.13.